The van der Waals surface area contributed by atoms with Gasteiger partial charge in [-0.25, -0.2) is 0 Å². The Morgan fingerprint density at radius 1 is 1.50 bits per heavy atom. The van der Waals surface area contributed by atoms with Crippen LogP contribution in [0.15, 0.2) is 15.2 Å². The molecule has 1 saturated heterocycles. The van der Waals surface area contributed by atoms with Gasteiger partial charge < -0.3 is 10.2 Å². The first kappa shape index (κ1) is 11.6. The molecule has 0 aliphatic carbocycles. The predicted octanol–water partition coefficient (Wildman–Crippen LogP) is 1.47. The van der Waals surface area contributed by atoms with Crippen LogP contribution in [0.25, 0.3) is 0 Å². The number of nitrogens with zero attached hydrogens (tertiary/aromatic N) is 1. The van der Waals surface area contributed by atoms with Gasteiger partial charge in [-0.05, 0) is 22.0 Å². The Morgan fingerprint density at radius 2 is 2.31 bits per heavy atom. The molecule has 4 nitrogen and oxygen atoms in total. The number of carbonyl (C=O) groups is 2. The summed E-state index contributed by atoms with van der Waals surface area (Å²) in [4.78, 5) is 24.9. The first-order valence-electron chi connectivity index (χ1n) is 4.97. The zero-order valence-electron chi connectivity index (χ0n) is 8.53. The second-order valence-corrected chi connectivity index (χ2v) is 5.82. The molecule has 0 atom stereocenters. The van der Waals surface area contributed by atoms with E-state index in [0.717, 1.165) is 3.79 Å². The molecule has 0 unspecified atom stereocenters. The Kier molecular flexibility index (Phi) is 3.60. The van der Waals surface area contributed by atoms with Gasteiger partial charge in [0.25, 0.3) is 5.91 Å². The lowest BCUT2D eigenvalue weighted by atomic mass is 10.3. The fourth-order valence-electron chi connectivity index (χ4n) is 1.57. The van der Waals surface area contributed by atoms with Crippen molar-refractivity contribution in [3.05, 3.63) is 20.8 Å². The van der Waals surface area contributed by atoms with Crippen molar-refractivity contribution < 1.29 is 9.59 Å². The molecule has 1 fully saturated rings. The van der Waals surface area contributed by atoms with Gasteiger partial charge in [0.15, 0.2) is 0 Å². The summed E-state index contributed by atoms with van der Waals surface area (Å²) in [6, 6.07) is 1.81. The van der Waals surface area contributed by atoms with Gasteiger partial charge in [0.1, 0.15) is 0 Å². The van der Waals surface area contributed by atoms with Crippen molar-refractivity contribution in [1.82, 2.24) is 10.2 Å². The van der Waals surface area contributed by atoms with Crippen molar-refractivity contribution in [1.29, 1.82) is 0 Å². The summed E-state index contributed by atoms with van der Waals surface area (Å²) in [5.74, 6) is 0.0141. The highest BCUT2D eigenvalue weighted by Gasteiger charge is 2.20. The van der Waals surface area contributed by atoms with E-state index in [2.05, 4.69) is 21.2 Å². The van der Waals surface area contributed by atoms with Crippen LogP contribution in [0, 0.1) is 0 Å². The lowest BCUT2D eigenvalue weighted by Crippen LogP contribution is -2.33. The number of amides is 2. The van der Waals surface area contributed by atoms with Crippen LogP contribution in [0.1, 0.15) is 16.8 Å². The van der Waals surface area contributed by atoms with Crippen LogP contribution in [0.3, 0.4) is 0 Å². The maximum atomic E-state index is 12.0. The molecule has 1 aromatic rings. The Hall–Kier alpha value is -0.880. The molecule has 0 bridgehead atoms. The molecule has 0 saturated carbocycles. The molecule has 0 radical (unpaired) electrons. The SMILES string of the molecule is O=C1CCN(C(=O)c2csc(Br)c2)CCN1. The topological polar surface area (TPSA) is 49.4 Å². The second-order valence-electron chi connectivity index (χ2n) is 3.53. The van der Waals surface area contributed by atoms with E-state index < -0.39 is 0 Å². The summed E-state index contributed by atoms with van der Waals surface area (Å²) in [6.45, 7) is 1.62. The molecular formula is C10H11BrN2O2S. The van der Waals surface area contributed by atoms with Gasteiger partial charge in [-0.15, -0.1) is 11.3 Å². The quantitative estimate of drug-likeness (QED) is 0.854. The van der Waals surface area contributed by atoms with Gasteiger partial charge in [0, 0.05) is 31.4 Å². The van der Waals surface area contributed by atoms with Crippen LogP contribution in [-0.2, 0) is 4.79 Å². The zero-order chi connectivity index (χ0) is 11.5. The highest BCUT2D eigenvalue weighted by atomic mass is 79.9. The molecule has 2 amide bonds. The largest absolute Gasteiger partial charge is 0.354 e. The molecule has 1 N–H and O–H groups in total. The Balaban J connectivity index is 2.06. The van der Waals surface area contributed by atoms with Crippen molar-refractivity contribution in [2.45, 2.75) is 6.42 Å². The van der Waals surface area contributed by atoms with Gasteiger partial charge in [0.05, 0.1) is 9.35 Å². The number of rotatable bonds is 1. The number of thiophene rings is 1. The fourth-order valence-corrected chi connectivity index (χ4v) is 2.71. The molecule has 0 aromatic carbocycles. The third-order valence-corrected chi connectivity index (χ3v) is 3.92. The van der Waals surface area contributed by atoms with Gasteiger partial charge in [-0.2, -0.15) is 0 Å². The van der Waals surface area contributed by atoms with Crippen LogP contribution in [0.2, 0.25) is 0 Å². The third kappa shape index (κ3) is 2.62. The lowest BCUT2D eigenvalue weighted by Gasteiger charge is -2.18. The predicted molar refractivity (Wildman–Crippen MR) is 65.5 cm³/mol. The minimum absolute atomic E-state index is 0.00144. The van der Waals surface area contributed by atoms with Crippen molar-refractivity contribution in [2.75, 3.05) is 19.6 Å². The third-order valence-electron chi connectivity index (χ3n) is 2.41. The minimum atomic E-state index is -0.00144. The van der Waals surface area contributed by atoms with Crippen LogP contribution >= 0.6 is 27.3 Å². The monoisotopic (exact) mass is 302 g/mol. The van der Waals surface area contributed by atoms with Crippen LogP contribution in [-0.4, -0.2) is 36.3 Å². The van der Waals surface area contributed by atoms with E-state index in [1.54, 1.807) is 4.90 Å². The second kappa shape index (κ2) is 4.97. The van der Waals surface area contributed by atoms with Crippen molar-refractivity contribution in [3.8, 4) is 0 Å². The summed E-state index contributed by atoms with van der Waals surface area (Å²) in [6.07, 6.45) is 0.386. The van der Waals surface area contributed by atoms with Crippen LogP contribution < -0.4 is 5.32 Å². The van der Waals surface area contributed by atoms with Gasteiger partial charge in [-0.3, -0.25) is 9.59 Å². The molecule has 2 rings (SSSR count). The molecule has 1 aliphatic rings. The average Bonchev–Trinajstić information content (AvgIpc) is 2.57. The van der Waals surface area contributed by atoms with E-state index in [4.69, 9.17) is 0 Å². The Labute approximate surface area is 106 Å². The summed E-state index contributed by atoms with van der Waals surface area (Å²) in [5, 5.41) is 4.57. The number of hydrogen-bond acceptors (Lipinski definition) is 3. The molecule has 16 heavy (non-hydrogen) atoms. The van der Waals surface area contributed by atoms with Crippen LogP contribution in [0.4, 0.5) is 0 Å². The Morgan fingerprint density at radius 3 is 3.00 bits per heavy atom. The fraction of sp³-hybridized carbons (Fsp3) is 0.400. The lowest BCUT2D eigenvalue weighted by molar-refractivity contribution is -0.120. The van der Waals surface area contributed by atoms with E-state index in [0.29, 0.717) is 31.6 Å². The average molecular weight is 303 g/mol. The minimum Gasteiger partial charge on any atom is -0.354 e. The van der Waals surface area contributed by atoms with Crippen molar-refractivity contribution >= 4 is 39.1 Å². The Bertz CT molecular complexity index is 419. The molecule has 86 valence electrons. The summed E-state index contributed by atoms with van der Waals surface area (Å²) >= 11 is 4.82. The van der Waals surface area contributed by atoms with E-state index >= 15 is 0 Å². The summed E-state index contributed by atoms with van der Waals surface area (Å²) in [5.41, 5.74) is 0.686. The molecular weight excluding hydrogens is 292 g/mol. The van der Waals surface area contributed by atoms with E-state index in [1.165, 1.54) is 11.3 Å². The van der Waals surface area contributed by atoms with Gasteiger partial charge in [-0.1, -0.05) is 0 Å². The van der Waals surface area contributed by atoms with Gasteiger partial charge >= 0.3 is 0 Å². The maximum Gasteiger partial charge on any atom is 0.254 e. The molecule has 6 heteroatoms. The number of nitrogens with one attached hydrogen (secondary N) is 1. The van der Waals surface area contributed by atoms with E-state index in [9.17, 15) is 9.59 Å². The van der Waals surface area contributed by atoms with Crippen molar-refractivity contribution in [2.24, 2.45) is 0 Å². The van der Waals surface area contributed by atoms with Crippen molar-refractivity contribution in [3.63, 3.8) is 0 Å². The first-order chi connectivity index (χ1) is 7.66. The smallest absolute Gasteiger partial charge is 0.254 e. The highest BCUT2D eigenvalue weighted by Crippen LogP contribution is 2.21. The zero-order valence-corrected chi connectivity index (χ0v) is 10.9. The number of carbonyl (C=O) groups excluding carboxylic acids is 2. The molecule has 2 heterocycles. The van der Waals surface area contributed by atoms with E-state index in [1.807, 2.05) is 11.4 Å². The number of hydrogen-bond donors (Lipinski definition) is 1. The van der Waals surface area contributed by atoms with E-state index in [-0.39, 0.29) is 11.8 Å². The number of halogens is 1. The van der Waals surface area contributed by atoms with Crippen LogP contribution in [0.5, 0.6) is 0 Å². The van der Waals surface area contributed by atoms with Gasteiger partial charge in [0.2, 0.25) is 5.91 Å². The summed E-state index contributed by atoms with van der Waals surface area (Å²) < 4.78 is 0.944. The molecule has 1 aromatic heterocycles. The maximum absolute atomic E-state index is 12.0. The molecule has 1 aliphatic heterocycles. The summed E-state index contributed by atoms with van der Waals surface area (Å²) in [7, 11) is 0. The molecule has 0 spiro atoms. The standard InChI is InChI=1S/C10H11BrN2O2S/c11-8-5-7(6-16-8)10(15)13-3-1-9(14)12-2-4-13/h5-6H,1-4H2,(H,12,14). The highest BCUT2D eigenvalue weighted by molar-refractivity contribution is 9.11. The first-order valence-corrected chi connectivity index (χ1v) is 6.64. The normalized spacial score (nSPS) is 16.8.